The Kier molecular flexibility index (Phi) is 11.7. The lowest BCUT2D eigenvalue weighted by Crippen LogP contribution is -2.46. The van der Waals surface area contributed by atoms with Crippen LogP contribution in [0.5, 0.6) is 0 Å². The number of carbonyl (C=O) groups is 1. The van der Waals surface area contributed by atoms with Gasteiger partial charge in [-0.1, -0.05) is 106 Å². The molecule has 0 bridgehead atoms. The molecule has 1 unspecified atom stereocenters. The maximum absolute atomic E-state index is 13.3. The van der Waals surface area contributed by atoms with E-state index in [0.29, 0.717) is 38.8 Å². The summed E-state index contributed by atoms with van der Waals surface area (Å²) in [6.45, 7) is 3.64. The second kappa shape index (κ2) is 16.2. The second-order valence-electron chi connectivity index (χ2n) is 12.6. The van der Waals surface area contributed by atoms with Gasteiger partial charge in [-0.25, -0.2) is 4.79 Å². The molecule has 256 valence electrons. The number of halogens is 4. The number of fused-ring (bicyclic) bond motifs is 2. The molecule has 0 saturated carbocycles. The van der Waals surface area contributed by atoms with Crippen molar-refractivity contribution in [3.63, 3.8) is 0 Å². The minimum absolute atomic E-state index is 0.0989. The Balaban J connectivity index is 1.10. The normalized spacial score (nSPS) is 16.5. The Morgan fingerprint density at radius 3 is 2.27 bits per heavy atom. The van der Waals surface area contributed by atoms with Crippen molar-refractivity contribution in [1.29, 1.82) is 0 Å². The van der Waals surface area contributed by atoms with Crippen LogP contribution in [-0.2, 0) is 28.1 Å². The zero-order chi connectivity index (χ0) is 34.4. The number of carbonyl (C=O) groups excluding carboxylic acids is 1. The lowest BCUT2D eigenvalue weighted by Gasteiger charge is -2.40. The Bertz CT molecular complexity index is 1780. The quantitative estimate of drug-likeness (QED) is 0.0942. The number of piperidine rings is 1. The molecule has 11 heteroatoms. The number of oxime groups is 1. The molecule has 0 radical (unpaired) electrons. The van der Waals surface area contributed by atoms with Gasteiger partial charge < -0.3 is 19.6 Å². The van der Waals surface area contributed by atoms with E-state index in [9.17, 15) is 10.0 Å². The zero-order valence-electron chi connectivity index (χ0n) is 26.8. The molecule has 2 aliphatic rings. The first-order valence-electron chi connectivity index (χ1n) is 16.2. The summed E-state index contributed by atoms with van der Waals surface area (Å²) in [5.41, 5.74) is 5.13. The molecule has 1 N–H and O–H groups in total. The summed E-state index contributed by atoms with van der Waals surface area (Å²) < 4.78 is 11.7. The lowest BCUT2D eigenvalue weighted by molar-refractivity contribution is 0.139. The molecular formula is C38H37Cl4N3O4. The number of nitrogens with zero attached hydrogens (tertiary/aromatic N) is 3. The van der Waals surface area contributed by atoms with Crippen LogP contribution in [0.2, 0.25) is 20.1 Å². The average Bonchev–Trinajstić information content (AvgIpc) is 3.42. The van der Waals surface area contributed by atoms with Crippen molar-refractivity contribution < 1.29 is 19.5 Å². The van der Waals surface area contributed by atoms with Crippen LogP contribution in [0.15, 0.2) is 96.2 Å². The minimum atomic E-state index is -0.323. The highest BCUT2D eigenvalue weighted by molar-refractivity contribution is 6.42. The van der Waals surface area contributed by atoms with Crippen molar-refractivity contribution in [2.24, 2.45) is 5.16 Å². The lowest BCUT2D eigenvalue weighted by atomic mass is 9.74. The van der Waals surface area contributed by atoms with Crippen LogP contribution >= 0.6 is 46.4 Å². The van der Waals surface area contributed by atoms with E-state index < -0.39 is 0 Å². The van der Waals surface area contributed by atoms with Gasteiger partial charge in [-0.15, -0.1) is 0 Å². The van der Waals surface area contributed by atoms with Crippen molar-refractivity contribution in [2.75, 3.05) is 37.7 Å². The van der Waals surface area contributed by atoms with E-state index in [1.165, 1.54) is 5.56 Å². The Hall–Kier alpha value is -3.30. The fourth-order valence-electron chi connectivity index (χ4n) is 6.96. The third-order valence-corrected chi connectivity index (χ3v) is 10.7. The molecule has 4 aromatic rings. The number of ether oxygens (including phenoxy) is 2. The van der Waals surface area contributed by atoms with Crippen molar-refractivity contribution in [2.45, 2.75) is 43.8 Å². The number of rotatable bonds is 11. The topological polar surface area (TPSA) is 74.6 Å². The maximum Gasteiger partial charge on any atom is 0.414 e. The standard InChI is InChI=1S/C38H37Cl4N3O4/c39-29-18-27(19-30(40)21-29)22-48-24-35(43-47)31(28-10-11-33(41)34(42)20-28)12-15-44-16-13-38(14-17-44)25-45(36-9-5-4-8-32(36)38)37(46)49-23-26-6-2-1-3-7-26/h1-11,18-21,31,47H,12-17,22-25H2. The number of anilines is 1. The second-order valence-corrected chi connectivity index (χ2v) is 14.3. The summed E-state index contributed by atoms with van der Waals surface area (Å²) in [4.78, 5) is 17.6. The first-order chi connectivity index (χ1) is 23.7. The number of likely N-dealkylation sites (tertiary alicyclic amines) is 1. The molecule has 6 rings (SSSR count). The highest BCUT2D eigenvalue weighted by atomic mass is 35.5. The molecule has 2 heterocycles. The van der Waals surface area contributed by atoms with Crippen LogP contribution < -0.4 is 4.90 Å². The van der Waals surface area contributed by atoms with Gasteiger partial charge in [-0.2, -0.15) is 0 Å². The molecule has 1 amide bonds. The van der Waals surface area contributed by atoms with Gasteiger partial charge in [0.2, 0.25) is 0 Å². The van der Waals surface area contributed by atoms with Crippen LogP contribution in [0.1, 0.15) is 47.4 Å². The van der Waals surface area contributed by atoms with Gasteiger partial charge in [-0.05, 0) is 97.5 Å². The number of hydrogen-bond acceptors (Lipinski definition) is 6. The van der Waals surface area contributed by atoms with Crippen molar-refractivity contribution in [3.05, 3.63) is 133 Å². The molecule has 4 aromatic carbocycles. The van der Waals surface area contributed by atoms with Gasteiger partial charge in [0.1, 0.15) is 6.61 Å². The van der Waals surface area contributed by atoms with Crippen molar-refractivity contribution >= 4 is 63.9 Å². The number of hydrogen-bond donors (Lipinski definition) is 1. The van der Waals surface area contributed by atoms with E-state index in [4.69, 9.17) is 55.9 Å². The molecule has 0 aromatic heterocycles. The van der Waals surface area contributed by atoms with E-state index in [1.807, 2.05) is 60.7 Å². The van der Waals surface area contributed by atoms with Crippen molar-refractivity contribution in [1.82, 2.24) is 4.90 Å². The Labute approximate surface area is 306 Å². The van der Waals surface area contributed by atoms with E-state index in [0.717, 1.165) is 54.9 Å². The third-order valence-electron chi connectivity index (χ3n) is 9.52. The highest BCUT2D eigenvalue weighted by Crippen LogP contribution is 2.47. The highest BCUT2D eigenvalue weighted by Gasteiger charge is 2.46. The smallest absolute Gasteiger partial charge is 0.414 e. The van der Waals surface area contributed by atoms with Gasteiger partial charge in [-0.3, -0.25) is 4.90 Å². The molecule has 1 saturated heterocycles. The predicted octanol–water partition coefficient (Wildman–Crippen LogP) is 10.0. The molecular weight excluding hydrogens is 704 g/mol. The summed E-state index contributed by atoms with van der Waals surface area (Å²) in [5.74, 6) is -0.263. The van der Waals surface area contributed by atoms with Crippen LogP contribution in [0.25, 0.3) is 0 Å². The summed E-state index contributed by atoms with van der Waals surface area (Å²) in [6, 6.07) is 28.7. The molecule has 7 nitrogen and oxygen atoms in total. The fourth-order valence-corrected chi connectivity index (χ4v) is 7.83. The van der Waals surface area contributed by atoms with E-state index in [2.05, 4.69) is 16.1 Å². The van der Waals surface area contributed by atoms with Gasteiger partial charge in [0.15, 0.2) is 0 Å². The summed E-state index contributed by atoms with van der Waals surface area (Å²) >= 11 is 25.0. The van der Waals surface area contributed by atoms with Gasteiger partial charge in [0, 0.05) is 27.9 Å². The minimum Gasteiger partial charge on any atom is -0.444 e. The SMILES string of the molecule is O=C(OCc1ccccc1)N1CC2(CCN(CCC(C(COCc3cc(Cl)cc(Cl)c3)=NO)c3ccc(Cl)c(Cl)c3)CC2)c2ccccc21. The predicted molar refractivity (Wildman–Crippen MR) is 197 cm³/mol. The van der Waals surface area contributed by atoms with Crippen LogP contribution in [0.3, 0.4) is 0 Å². The van der Waals surface area contributed by atoms with Gasteiger partial charge in [0.05, 0.1) is 34.7 Å². The summed E-state index contributed by atoms with van der Waals surface area (Å²) in [7, 11) is 0. The largest absolute Gasteiger partial charge is 0.444 e. The van der Waals surface area contributed by atoms with E-state index >= 15 is 0 Å². The molecule has 2 aliphatic heterocycles. The number of para-hydroxylation sites is 1. The first-order valence-corrected chi connectivity index (χ1v) is 17.7. The molecule has 1 spiro atoms. The number of benzene rings is 4. The van der Waals surface area contributed by atoms with Crippen LogP contribution in [-0.4, -0.2) is 54.7 Å². The van der Waals surface area contributed by atoms with Gasteiger partial charge >= 0.3 is 6.09 Å². The Morgan fingerprint density at radius 2 is 1.55 bits per heavy atom. The zero-order valence-corrected chi connectivity index (χ0v) is 29.9. The summed E-state index contributed by atoms with van der Waals surface area (Å²) in [6.07, 6.45) is 2.15. The monoisotopic (exact) mass is 739 g/mol. The summed E-state index contributed by atoms with van der Waals surface area (Å²) in [5, 5.41) is 15.8. The first kappa shape index (κ1) is 35.5. The van der Waals surface area contributed by atoms with Crippen LogP contribution in [0, 0.1) is 0 Å². The molecule has 1 atom stereocenters. The molecule has 0 aliphatic carbocycles. The van der Waals surface area contributed by atoms with E-state index in [-0.39, 0.29) is 37.2 Å². The van der Waals surface area contributed by atoms with Gasteiger partial charge in [0.25, 0.3) is 0 Å². The van der Waals surface area contributed by atoms with E-state index in [1.54, 1.807) is 29.2 Å². The molecule has 49 heavy (non-hydrogen) atoms. The van der Waals surface area contributed by atoms with Crippen molar-refractivity contribution in [3.8, 4) is 0 Å². The number of amides is 1. The average molecular weight is 742 g/mol. The molecule has 1 fully saturated rings. The maximum atomic E-state index is 13.3. The van der Waals surface area contributed by atoms with Crippen LogP contribution in [0.4, 0.5) is 10.5 Å². The Morgan fingerprint density at radius 1 is 0.837 bits per heavy atom. The third kappa shape index (κ3) is 8.54. The fraction of sp³-hybridized carbons (Fsp3) is 0.316.